The maximum atomic E-state index is 12.6. The molecule has 0 aliphatic carbocycles. The lowest BCUT2D eigenvalue weighted by molar-refractivity contribution is -0.141. The van der Waals surface area contributed by atoms with E-state index in [-0.39, 0.29) is 5.95 Å². The van der Waals surface area contributed by atoms with Gasteiger partial charge in [-0.15, -0.1) is 0 Å². The van der Waals surface area contributed by atoms with E-state index < -0.39 is 11.9 Å². The molecule has 0 saturated carbocycles. The standard InChI is InChI=1S/C18H23F3N6O/c1-22-16(23-9-5-13-28-14-6-3-2-4-7-14)25-11-12-26-17-24-10-8-15(27-17)18(19,20)21/h2-4,6-8,10H,5,9,11-13H2,1H3,(H2,22,23,25)(H,24,26,27). The lowest BCUT2D eigenvalue weighted by atomic mass is 10.3. The number of para-hydroxylation sites is 1. The third-order valence-corrected chi connectivity index (χ3v) is 3.50. The first-order valence-electron chi connectivity index (χ1n) is 8.75. The zero-order valence-corrected chi connectivity index (χ0v) is 15.5. The van der Waals surface area contributed by atoms with Crippen molar-refractivity contribution in [3.05, 3.63) is 48.3 Å². The highest BCUT2D eigenvalue weighted by Gasteiger charge is 2.32. The molecule has 0 bridgehead atoms. The Morgan fingerprint density at radius 1 is 1.07 bits per heavy atom. The summed E-state index contributed by atoms with van der Waals surface area (Å²) in [5, 5.41) is 8.93. The fourth-order valence-electron chi connectivity index (χ4n) is 2.16. The van der Waals surface area contributed by atoms with Gasteiger partial charge in [0.05, 0.1) is 6.61 Å². The number of aromatic nitrogens is 2. The molecule has 0 aliphatic heterocycles. The predicted molar refractivity (Wildman–Crippen MR) is 101 cm³/mol. The monoisotopic (exact) mass is 396 g/mol. The molecule has 0 spiro atoms. The van der Waals surface area contributed by atoms with Gasteiger partial charge in [0, 0.05) is 32.9 Å². The number of nitrogens with zero attached hydrogens (tertiary/aromatic N) is 3. The molecule has 0 amide bonds. The van der Waals surface area contributed by atoms with Crippen molar-refractivity contribution in [3.63, 3.8) is 0 Å². The number of nitrogens with one attached hydrogen (secondary N) is 3. The zero-order valence-electron chi connectivity index (χ0n) is 15.5. The molecule has 0 aliphatic rings. The van der Waals surface area contributed by atoms with E-state index in [0.717, 1.165) is 24.4 Å². The third-order valence-electron chi connectivity index (χ3n) is 3.50. The molecule has 28 heavy (non-hydrogen) atoms. The summed E-state index contributed by atoms with van der Waals surface area (Å²) in [5.41, 5.74) is -0.979. The van der Waals surface area contributed by atoms with Crippen LogP contribution >= 0.6 is 0 Å². The number of anilines is 1. The van der Waals surface area contributed by atoms with Crippen molar-refractivity contribution in [1.29, 1.82) is 0 Å². The smallest absolute Gasteiger partial charge is 0.433 e. The van der Waals surface area contributed by atoms with E-state index in [1.807, 2.05) is 30.3 Å². The first-order valence-corrected chi connectivity index (χ1v) is 8.75. The van der Waals surface area contributed by atoms with Crippen LogP contribution in [0.25, 0.3) is 0 Å². The lowest BCUT2D eigenvalue weighted by Crippen LogP contribution is -2.40. The van der Waals surface area contributed by atoms with Crippen molar-refractivity contribution >= 4 is 11.9 Å². The largest absolute Gasteiger partial charge is 0.494 e. The van der Waals surface area contributed by atoms with Gasteiger partial charge in [-0.25, -0.2) is 9.97 Å². The summed E-state index contributed by atoms with van der Waals surface area (Å²) in [5.74, 6) is 1.34. The molecule has 0 saturated heterocycles. The van der Waals surface area contributed by atoms with Gasteiger partial charge < -0.3 is 20.7 Å². The minimum Gasteiger partial charge on any atom is -0.494 e. The van der Waals surface area contributed by atoms with Crippen LogP contribution < -0.4 is 20.7 Å². The fraction of sp³-hybridized carbons (Fsp3) is 0.389. The third kappa shape index (κ3) is 7.68. The number of aliphatic imine (C=N–C) groups is 1. The first kappa shape index (κ1) is 21.3. The second-order valence-corrected chi connectivity index (χ2v) is 5.63. The van der Waals surface area contributed by atoms with Gasteiger partial charge in [-0.1, -0.05) is 18.2 Å². The van der Waals surface area contributed by atoms with Crippen molar-refractivity contribution in [2.45, 2.75) is 12.6 Å². The van der Waals surface area contributed by atoms with E-state index in [9.17, 15) is 13.2 Å². The molecule has 7 nitrogen and oxygen atoms in total. The Bertz CT molecular complexity index is 740. The van der Waals surface area contributed by atoms with Crippen molar-refractivity contribution in [2.24, 2.45) is 4.99 Å². The fourth-order valence-corrected chi connectivity index (χ4v) is 2.16. The molecule has 0 fully saturated rings. The van der Waals surface area contributed by atoms with E-state index in [2.05, 4.69) is 30.9 Å². The molecular weight excluding hydrogens is 373 g/mol. The van der Waals surface area contributed by atoms with Crippen LogP contribution in [-0.2, 0) is 6.18 Å². The van der Waals surface area contributed by atoms with Crippen LogP contribution in [0.5, 0.6) is 5.75 Å². The number of hydrogen-bond acceptors (Lipinski definition) is 5. The van der Waals surface area contributed by atoms with E-state index in [0.29, 0.717) is 32.2 Å². The molecule has 1 aromatic carbocycles. The maximum absolute atomic E-state index is 12.6. The SMILES string of the molecule is CN=C(NCCCOc1ccccc1)NCCNc1nccc(C(F)(F)F)n1. The Morgan fingerprint density at radius 2 is 1.82 bits per heavy atom. The molecule has 0 atom stereocenters. The summed E-state index contributed by atoms with van der Waals surface area (Å²) >= 11 is 0. The Kier molecular flexibility index (Phi) is 8.32. The number of rotatable bonds is 9. The Labute approximate surface area is 161 Å². The molecule has 2 rings (SSSR count). The number of guanidine groups is 1. The number of alkyl halides is 3. The van der Waals surface area contributed by atoms with Crippen LogP contribution in [0, 0.1) is 0 Å². The molecule has 10 heteroatoms. The van der Waals surface area contributed by atoms with Gasteiger partial charge in [0.2, 0.25) is 5.95 Å². The van der Waals surface area contributed by atoms with Crippen LogP contribution in [0.4, 0.5) is 19.1 Å². The van der Waals surface area contributed by atoms with Crippen LogP contribution in [0.15, 0.2) is 47.6 Å². The van der Waals surface area contributed by atoms with E-state index in [1.165, 1.54) is 0 Å². The molecule has 1 aromatic heterocycles. The second-order valence-electron chi connectivity index (χ2n) is 5.63. The number of benzene rings is 1. The summed E-state index contributed by atoms with van der Waals surface area (Å²) < 4.78 is 43.4. The summed E-state index contributed by atoms with van der Waals surface area (Å²) in [6, 6.07) is 10.4. The van der Waals surface area contributed by atoms with Gasteiger partial charge in [-0.2, -0.15) is 13.2 Å². The Balaban J connectivity index is 1.61. The van der Waals surface area contributed by atoms with Crippen molar-refractivity contribution in [3.8, 4) is 5.75 Å². The van der Waals surface area contributed by atoms with Crippen LogP contribution in [0.3, 0.4) is 0 Å². The molecule has 1 heterocycles. The lowest BCUT2D eigenvalue weighted by Gasteiger charge is -2.13. The van der Waals surface area contributed by atoms with Gasteiger partial charge in [-0.3, -0.25) is 4.99 Å². The molecule has 0 radical (unpaired) electrons. The summed E-state index contributed by atoms with van der Waals surface area (Å²) in [6.07, 6.45) is -2.64. The van der Waals surface area contributed by atoms with Gasteiger partial charge in [0.15, 0.2) is 5.96 Å². The molecular formula is C18H23F3N6O. The second kappa shape index (κ2) is 11.0. The average molecular weight is 396 g/mol. The first-order chi connectivity index (χ1) is 13.5. The predicted octanol–water partition coefficient (Wildman–Crippen LogP) is 2.54. The van der Waals surface area contributed by atoms with Gasteiger partial charge in [0.25, 0.3) is 0 Å². The van der Waals surface area contributed by atoms with E-state index in [1.54, 1.807) is 7.05 Å². The highest BCUT2D eigenvalue weighted by atomic mass is 19.4. The van der Waals surface area contributed by atoms with Gasteiger partial charge in [0.1, 0.15) is 11.4 Å². The minimum atomic E-state index is -4.49. The van der Waals surface area contributed by atoms with Crippen LogP contribution in [0.2, 0.25) is 0 Å². The quantitative estimate of drug-likeness (QED) is 0.343. The summed E-state index contributed by atoms with van der Waals surface area (Å²) in [6.45, 7) is 2.00. The number of ether oxygens (including phenoxy) is 1. The number of hydrogen-bond donors (Lipinski definition) is 3. The molecule has 0 unspecified atom stereocenters. The highest BCUT2D eigenvalue weighted by molar-refractivity contribution is 5.79. The van der Waals surface area contributed by atoms with Crippen molar-refractivity contribution < 1.29 is 17.9 Å². The minimum absolute atomic E-state index is 0.0716. The molecule has 152 valence electrons. The highest BCUT2D eigenvalue weighted by Crippen LogP contribution is 2.27. The Morgan fingerprint density at radius 3 is 2.54 bits per heavy atom. The summed E-state index contributed by atoms with van der Waals surface area (Å²) in [4.78, 5) is 11.3. The Hall–Kier alpha value is -3.04. The van der Waals surface area contributed by atoms with Gasteiger partial charge >= 0.3 is 6.18 Å². The number of halogens is 3. The van der Waals surface area contributed by atoms with E-state index in [4.69, 9.17) is 4.74 Å². The summed E-state index contributed by atoms with van der Waals surface area (Å²) in [7, 11) is 1.64. The molecule has 3 N–H and O–H groups in total. The van der Waals surface area contributed by atoms with Crippen LogP contribution in [-0.4, -0.2) is 49.2 Å². The normalized spacial score (nSPS) is 11.8. The topological polar surface area (TPSA) is 83.5 Å². The van der Waals surface area contributed by atoms with Crippen molar-refractivity contribution in [1.82, 2.24) is 20.6 Å². The molecule has 2 aromatic rings. The maximum Gasteiger partial charge on any atom is 0.433 e. The van der Waals surface area contributed by atoms with Crippen molar-refractivity contribution in [2.75, 3.05) is 38.6 Å². The zero-order chi connectivity index (χ0) is 20.2. The average Bonchev–Trinajstić information content (AvgIpc) is 2.69. The van der Waals surface area contributed by atoms with Gasteiger partial charge in [-0.05, 0) is 24.6 Å². The van der Waals surface area contributed by atoms with Crippen LogP contribution in [0.1, 0.15) is 12.1 Å². The van der Waals surface area contributed by atoms with E-state index >= 15 is 0 Å².